The molecule has 0 bridgehead atoms. The van der Waals surface area contributed by atoms with Crippen LogP contribution >= 0.6 is 0 Å². The number of rotatable bonds is 5. The minimum atomic E-state index is -0.860. The fraction of sp³-hybridized carbons (Fsp3) is 0.286. The number of carboxylic acid groups (broad SMARTS) is 1. The van der Waals surface area contributed by atoms with Gasteiger partial charge in [0.15, 0.2) is 0 Å². The molecular formula is C14H16N2O3. The predicted molar refractivity (Wildman–Crippen MR) is 72.3 cm³/mol. The molecule has 0 aliphatic heterocycles. The van der Waals surface area contributed by atoms with E-state index < -0.39 is 5.97 Å². The summed E-state index contributed by atoms with van der Waals surface area (Å²) < 4.78 is 5.24. The van der Waals surface area contributed by atoms with E-state index in [2.05, 4.69) is 4.98 Å². The number of carbonyl (C=O) groups is 1. The molecule has 5 nitrogen and oxygen atoms in total. The molecule has 2 rings (SSSR count). The summed E-state index contributed by atoms with van der Waals surface area (Å²) in [7, 11) is 1.59. The second-order valence-electron chi connectivity index (χ2n) is 4.33. The highest BCUT2D eigenvalue weighted by atomic mass is 16.5. The molecule has 2 aromatic rings. The zero-order valence-electron chi connectivity index (χ0n) is 10.7. The highest BCUT2D eigenvalue weighted by molar-refractivity contribution is 5.85. The number of para-hydroxylation sites is 1. The summed E-state index contributed by atoms with van der Waals surface area (Å²) >= 11 is 0. The van der Waals surface area contributed by atoms with Crippen molar-refractivity contribution in [3.63, 3.8) is 0 Å². The van der Waals surface area contributed by atoms with Gasteiger partial charge in [0.1, 0.15) is 11.3 Å². The van der Waals surface area contributed by atoms with Crippen molar-refractivity contribution in [1.82, 2.24) is 4.98 Å². The van der Waals surface area contributed by atoms with Gasteiger partial charge in [-0.25, -0.2) is 0 Å². The number of ether oxygens (including phenoxy) is 1. The molecule has 0 fully saturated rings. The molecule has 0 radical (unpaired) electrons. The van der Waals surface area contributed by atoms with Gasteiger partial charge in [-0.1, -0.05) is 12.1 Å². The van der Waals surface area contributed by atoms with Crippen molar-refractivity contribution in [3.8, 4) is 5.75 Å². The van der Waals surface area contributed by atoms with Crippen LogP contribution in [0.25, 0.3) is 10.9 Å². The van der Waals surface area contributed by atoms with E-state index in [1.807, 2.05) is 24.3 Å². The Morgan fingerprint density at radius 3 is 2.95 bits per heavy atom. The molecule has 100 valence electrons. The zero-order valence-corrected chi connectivity index (χ0v) is 10.7. The quantitative estimate of drug-likeness (QED) is 0.855. The van der Waals surface area contributed by atoms with Crippen LogP contribution in [0.3, 0.4) is 0 Å². The Hall–Kier alpha value is -2.14. The van der Waals surface area contributed by atoms with Crippen LogP contribution in [0, 0.1) is 0 Å². The third-order valence-corrected chi connectivity index (χ3v) is 3.09. The van der Waals surface area contributed by atoms with Gasteiger partial charge in [0.25, 0.3) is 0 Å². The number of nitrogens with two attached hydrogens (primary N) is 1. The maximum absolute atomic E-state index is 10.8. The Balaban J connectivity index is 2.43. The standard InChI is InChI=1S/C14H16N2O3/c1-19-12-4-2-3-9-5-11(8-16-14(9)12)10(7-15)6-13(17)18/h2-5,8,10H,6-7,15H2,1H3,(H,17,18). The second kappa shape index (κ2) is 5.67. The maximum atomic E-state index is 10.8. The number of fused-ring (bicyclic) bond motifs is 1. The molecule has 1 atom stereocenters. The summed E-state index contributed by atoms with van der Waals surface area (Å²) in [6.07, 6.45) is 1.68. The van der Waals surface area contributed by atoms with Crippen molar-refractivity contribution in [1.29, 1.82) is 0 Å². The normalized spacial score (nSPS) is 12.3. The van der Waals surface area contributed by atoms with Crippen LogP contribution in [0.1, 0.15) is 17.9 Å². The number of benzene rings is 1. The lowest BCUT2D eigenvalue weighted by atomic mass is 9.96. The number of hydrogen-bond donors (Lipinski definition) is 2. The van der Waals surface area contributed by atoms with Crippen molar-refractivity contribution in [2.24, 2.45) is 5.73 Å². The molecule has 1 aromatic heterocycles. The molecule has 5 heteroatoms. The Labute approximate surface area is 111 Å². The molecule has 0 spiro atoms. The Kier molecular flexibility index (Phi) is 3.97. The van der Waals surface area contributed by atoms with E-state index in [1.165, 1.54) is 0 Å². The third-order valence-electron chi connectivity index (χ3n) is 3.09. The second-order valence-corrected chi connectivity index (χ2v) is 4.33. The lowest BCUT2D eigenvalue weighted by Crippen LogP contribution is -2.16. The van der Waals surface area contributed by atoms with Crippen molar-refractivity contribution < 1.29 is 14.6 Å². The monoisotopic (exact) mass is 260 g/mol. The number of carboxylic acids is 1. The van der Waals surface area contributed by atoms with Gasteiger partial charge >= 0.3 is 5.97 Å². The van der Waals surface area contributed by atoms with Gasteiger partial charge in [-0.2, -0.15) is 0 Å². The lowest BCUT2D eigenvalue weighted by Gasteiger charge is -2.13. The SMILES string of the molecule is COc1cccc2cc(C(CN)CC(=O)O)cnc12. The average Bonchev–Trinajstić information content (AvgIpc) is 2.43. The minimum absolute atomic E-state index is 0.00759. The van der Waals surface area contributed by atoms with Gasteiger partial charge < -0.3 is 15.6 Å². The maximum Gasteiger partial charge on any atom is 0.304 e. The largest absolute Gasteiger partial charge is 0.494 e. The third kappa shape index (κ3) is 2.82. The van der Waals surface area contributed by atoms with E-state index >= 15 is 0 Å². The van der Waals surface area contributed by atoms with Crippen molar-refractivity contribution >= 4 is 16.9 Å². The van der Waals surface area contributed by atoms with E-state index in [9.17, 15) is 4.79 Å². The topological polar surface area (TPSA) is 85.4 Å². The molecule has 0 saturated carbocycles. The molecule has 0 aliphatic rings. The first-order valence-corrected chi connectivity index (χ1v) is 6.00. The number of pyridine rings is 1. The molecule has 0 amide bonds. The summed E-state index contributed by atoms with van der Waals surface area (Å²) in [6.45, 7) is 0.281. The van der Waals surface area contributed by atoms with Crippen LogP contribution in [-0.2, 0) is 4.79 Å². The average molecular weight is 260 g/mol. The minimum Gasteiger partial charge on any atom is -0.494 e. The van der Waals surface area contributed by atoms with Crippen LogP contribution in [0.4, 0.5) is 0 Å². The van der Waals surface area contributed by atoms with Crippen molar-refractivity contribution in [2.45, 2.75) is 12.3 Å². The van der Waals surface area contributed by atoms with Gasteiger partial charge in [0, 0.05) is 17.5 Å². The van der Waals surface area contributed by atoms with E-state index in [1.54, 1.807) is 13.3 Å². The van der Waals surface area contributed by atoms with Crippen LogP contribution < -0.4 is 10.5 Å². The first kappa shape index (κ1) is 13.3. The molecule has 3 N–H and O–H groups in total. The van der Waals surface area contributed by atoms with E-state index in [0.717, 1.165) is 16.5 Å². The Bertz CT molecular complexity index is 598. The summed E-state index contributed by atoms with van der Waals surface area (Å²) in [4.78, 5) is 15.2. The number of aliphatic carboxylic acids is 1. The fourth-order valence-electron chi connectivity index (χ4n) is 2.09. The van der Waals surface area contributed by atoms with Crippen LogP contribution in [0.5, 0.6) is 5.75 Å². The highest BCUT2D eigenvalue weighted by Gasteiger charge is 2.15. The van der Waals surface area contributed by atoms with Gasteiger partial charge in [-0.3, -0.25) is 9.78 Å². The first-order chi connectivity index (χ1) is 9.15. The van der Waals surface area contributed by atoms with E-state index in [0.29, 0.717) is 5.75 Å². The summed E-state index contributed by atoms with van der Waals surface area (Å²) in [5.41, 5.74) is 7.24. The van der Waals surface area contributed by atoms with Gasteiger partial charge in [-0.05, 0) is 24.2 Å². The van der Waals surface area contributed by atoms with Crippen molar-refractivity contribution in [2.75, 3.05) is 13.7 Å². The predicted octanol–water partition coefficient (Wildman–Crippen LogP) is 1.76. The summed E-state index contributed by atoms with van der Waals surface area (Å²) in [5, 5.41) is 9.79. The number of nitrogens with zero attached hydrogens (tertiary/aromatic N) is 1. The molecule has 1 aromatic carbocycles. The lowest BCUT2D eigenvalue weighted by molar-refractivity contribution is -0.137. The van der Waals surface area contributed by atoms with Gasteiger partial charge in [0.2, 0.25) is 0 Å². The molecule has 19 heavy (non-hydrogen) atoms. The molecular weight excluding hydrogens is 244 g/mol. The highest BCUT2D eigenvalue weighted by Crippen LogP contribution is 2.27. The summed E-state index contributed by atoms with van der Waals surface area (Å²) in [6, 6.07) is 7.56. The van der Waals surface area contributed by atoms with Crippen LogP contribution in [0.15, 0.2) is 30.5 Å². The van der Waals surface area contributed by atoms with Gasteiger partial charge in [0.05, 0.1) is 13.5 Å². The smallest absolute Gasteiger partial charge is 0.304 e. The Morgan fingerprint density at radius 1 is 1.53 bits per heavy atom. The number of aromatic nitrogens is 1. The zero-order chi connectivity index (χ0) is 13.8. The van der Waals surface area contributed by atoms with Gasteiger partial charge in [-0.15, -0.1) is 0 Å². The van der Waals surface area contributed by atoms with E-state index in [-0.39, 0.29) is 18.9 Å². The van der Waals surface area contributed by atoms with E-state index in [4.69, 9.17) is 15.6 Å². The van der Waals surface area contributed by atoms with Crippen LogP contribution in [0.2, 0.25) is 0 Å². The molecule has 1 unspecified atom stereocenters. The molecule has 1 heterocycles. The van der Waals surface area contributed by atoms with Crippen LogP contribution in [-0.4, -0.2) is 29.7 Å². The fourth-order valence-corrected chi connectivity index (χ4v) is 2.09. The molecule has 0 saturated heterocycles. The first-order valence-electron chi connectivity index (χ1n) is 6.00. The van der Waals surface area contributed by atoms with Crippen molar-refractivity contribution in [3.05, 3.63) is 36.0 Å². The number of hydrogen-bond acceptors (Lipinski definition) is 4. The Morgan fingerprint density at radius 2 is 2.32 bits per heavy atom. The number of methoxy groups -OCH3 is 1. The summed E-state index contributed by atoms with van der Waals surface area (Å²) in [5.74, 6) is -0.381. The molecule has 0 aliphatic carbocycles.